The van der Waals surface area contributed by atoms with E-state index >= 15 is 0 Å². The molecule has 0 heterocycles. The molecule has 0 bridgehead atoms. The molecule has 3 heteroatoms. The Labute approximate surface area is 127 Å². The van der Waals surface area contributed by atoms with Gasteiger partial charge in [-0.15, -0.1) is 0 Å². The maximum absolute atomic E-state index is 9.30. The van der Waals surface area contributed by atoms with Gasteiger partial charge in [0.1, 0.15) is 6.61 Å². The summed E-state index contributed by atoms with van der Waals surface area (Å²) in [5.74, 6) is 5.57. The zero-order valence-corrected chi connectivity index (χ0v) is 12.6. The van der Waals surface area contributed by atoms with Crippen LogP contribution < -0.4 is 0 Å². The van der Waals surface area contributed by atoms with Crippen LogP contribution in [0.4, 0.5) is 0 Å². The van der Waals surface area contributed by atoms with Crippen molar-refractivity contribution in [1.29, 1.82) is 0 Å². The highest BCUT2D eigenvalue weighted by Gasteiger charge is 2.20. The van der Waals surface area contributed by atoms with Crippen molar-refractivity contribution in [1.82, 2.24) is 4.90 Å². The van der Waals surface area contributed by atoms with Crippen molar-refractivity contribution in [3.05, 3.63) is 35.4 Å². The zero-order chi connectivity index (χ0) is 14.9. The van der Waals surface area contributed by atoms with Crippen LogP contribution in [-0.4, -0.2) is 40.9 Å². The molecule has 114 valence electrons. The van der Waals surface area contributed by atoms with Crippen molar-refractivity contribution >= 4 is 0 Å². The molecule has 0 atom stereocenters. The van der Waals surface area contributed by atoms with E-state index in [0.29, 0.717) is 6.04 Å². The summed E-state index contributed by atoms with van der Waals surface area (Å²) >= 11 is 0. The van der Waals surface area contributed by atoms with Crippen molar-refractivity contribution in [2.45, 2.75) is 44.7 Å². The molecule has 1 fully saturated rings. The summed E-state index contributed by atoms with van der Waals surface area (Å²) < 4.78 is 0. The second-order valence-corrected chi connectivity index (χ2v) is 5.64. The SMILES string of the molecule is OCC#Cc1ccc(CN(CCO)C2CCCCC2)cc1. The largest absolute Gasteiger partial charge is 0.395 e. The van der Waals surface area contributed by atoms with Gasteiger partial charge in [0.25, 0.3) is 0 Å². The van der Waals surface area contributed by atoms with Crippen LogP contribution in [0.2, 0.25) is 0 Å². The maximum atomic E-state index is 9.30. The van der Waals surface area contributed by atoms with Crippen molar-refractivity contribution in [2.75, 3.05) is 19.8 Å². The quantitative estimate of drug-likeness (QED) is 0.816. The summed E-state index contributed by atoms with van der Waals surface area (Å²) in [6.45, 7) is 1.75. The summed E-state index contributed by atoms with van der Waals surface area (Å²) in [5.41, 5.74) is 2.18. The van der Waals surface area contributed by atoms with Crippen LogP contribution in [0.25, 0.3) is 0 Å². The van der Waals surface area contributed by atoms with Gasteiger partial charge >= 0.3 is 0 Å². The molecular formula is C18H25NO2. The number of nitrogens with zero attached hydrogens (tertiary/aromatic N) is 1. The van der Waals surface area contributed by atoms with Gasteiger partial charge in [-0.05, 0) is 30.5 Å². The third-order valence-electron chi connectivity index (χ3n) is 4.13. The molecule has 0 saturated heterocycles. The molecule has 0 radical (unpaired) electrons. The van der Waals surface area contributed by atoms with Crippen LogP contribution in [0.5, 0.6) is 0 Å². The maximum Gasteiger partial charge on any atom is 0.104 e. The molecule has 2 N–H and O–H groups in total. The fourth-order valence-electron chi connectivity index (χ4n) is 3.03. The minimum atomic E-state index is -0.103. The highest BCUT2D eigenvalue weighted by atomic mass is 16.3. The average molecular weight is 287 g/mol. The van der Waals surface area contributed by atoms with E-state index in [-0.39, 0.29) is 13.2 Å². The van der Waals surface area contributed by atoms with E-state index in [1.54, 1.807) is 0 Å². The molecule has 0 unspecified atom stereocenters. The minimum Gasteiger partial charge on any atom is -0.395 e. The summed E-state index contributed by atoms with van der Waals surface area (Å²) in [6, 6.07) is 8.79. The van der Waals surface area contributed by atoms with Gasteiger partial charge in [0.05, 0.1) is 6.61 Å². The molecular weight excluding hydrogens is 262 g/mol. The smallest absolute Gasteiger partial charge is 0.104 e. The fourth-order valence-corrected chi connectivity index (χ4v) is 3.03. The molecule has 0 spiro atoms. The Morgan fingerprint density at radius 3 is 2.38 bits per heavy atom. The monoisotopic (exact) mass is 287 g/mol. The van der Waals surface area contributed by atoms with Crippen molar-refractivity contribution in [2.24, 2.45) is 0 Å². The molecule has 21 heavy (non-hydrogen) atoms. The molecule has 1 aromatic carbocycles. The standard InChI is InChI=1S/C18H25NO2/c20-13-4-5-16-8-10-17(11-9-16)15-19(12-14-21)18-6-2-1-3-7-18/h8-11,18,20-21H,1-3,6-7,12-15H2. The van der Waals surface area contributed by atoms with E-state index in [4.69, 9.17) is 5.11 Å². The Bertz CT molecular complexity index is 466. The van der Waals surface area contributed by atoms with Crippen LogP contribution in [0.15, 0.2) is 24.3 Å². The molecule has 0 aliphatic heterocycles. The van der Waals surface area contributed by atoms with Crippen LogP contribution in [0, 0.1) is 11.8 Å². The summed E-state index contributed by atoms with van der Waals surface area (Å²) in [4.78, 5) is 2.41. The number of rotatable bonds is 5. The summed E-state index contributed by atoms with van der Waals surface area (Å²) in [7, 11) is 0. The predicted octanol–water partition coefficient (Wildman–Crippen LogP) is 2.16. The van der Waals surface area contributed by atoms with E-state index in [9.17, 15) is 5.11 Å². The lowest BCUT2D eigenvalue weighted by Crippen LogP contribution is -2.38. The van der Waals surface area contributed by atoms with Gasteiger partial charge in [-0.25, -0.2) is 0 Å². The van der Waals surface area contributed by atoms with Gasteiger partial charge < -0.3 is 10.2 Å². The molecule has 1 saturated carbocycles. The van der Waals surface area contributed by atoms with E-state index < -0.39 is 0 Å². The zero-order valence-electron chi connectivity index (χ0n) is 12.6. The average Bonchev–Trinajstić information content (AvgIpc) is 2.54. The van der Waals surface area contributed by atoms with E-state index in [0.717, 1.165) is 18.7 Å². The van der Waals surface area contributed by atoms with Crippen molar-refractivity contribution in [3.8, 4) is 11.8 Å². The van der Waals surface area contributed by atoms with Gasteiger partial charge in [0, 0.05) is 24.7 Å². The lowest BCUT2D eigenvalue weighted by atomic mass is 9.94. The number of aliphatic hydroxyl groups excluding tert-OH is 2. The first kappa shape index (κ1) is 16.0. The predicted molar refractivity (Wildman–Crippen MR) is 84.8 cm³/mol. The lowest BCUT2D eigenvalue weighted by Gasteiger charge is -2.34. The van der Waals surface area contributed by atoms with Crippen LogP contribution in [0.1, 0.15) is 43.2 Å². The first-order chi connectivity index (χ1) is 10.3. The Hall–Kier alpha value is -1.34. The topological polar surface area (TPSA) is 43.7 Å². The second-order valence-electron chi connectivity index (χ2n) is 5.64. The van der Waals surface area contributed by atoms with Crippen LogP contribution in [0.3, 0.4) is 0 Å². The number of hydrogen-bond acceptors (Lipinski definition) is 3. The summed E-state index contributed by atoms with van der Waals surface area (Å²) in [5, 5.41) is 18.0. The fraction of sp³-hybridized carbons (Fsp3) is 0.556. The molecule has 3 nitrogen and oxygen atoms in total. The van der Waals surface area contributed by atoms with Crippen molar-refractivity contribution in [3.63, 3.8) is 0 Å². The summed E-state index contributed by atoms with van der Waals surface area (Å²) in [6.07, 6.45) is 6.46. The molecule has 1 aromatic rings. The Balaban J connectivity index is 1.98. The highest BCUT2D eigenvalue weighted by Crippen LogP contribution is 2.23. The number of hydrogen-bond donors (Lipinski definition) is 2. The minimum absolute atomic E-state index is 0.103. The molecule has 2 rings (SSSR count). The molecule has 1 aliphatic rings. The molecule has 0 amide bonds. The molecule has 0 aromatic heterocycles. The van der Waals surface area contributed by atoms with E-state index in [1.165, 1.54) is 37.7 Å². The Morgan fingerprint density at radius 1 is 1.05 bits per heavy atom. The van der Waals surface area contributed by atoms with Gasteiger partial charge in [0.2, 0.25) is 0 Å². The van der Waals surface area contributed by atoms with Gasteiger partial charge in [-0.2, -0.15) is 0 Å². The first-order valence-electron chi connectivity index (χ1n) is 7.87. The van der Waals surface area contributed by atoms with Gasteiger partial charge in [-0.3, -0.25) is 4.90 Å². The first-order valence-corrected chi connectivity index (χ1v) is 7.87. The highest BCUT2D eigenvalue weighted by molar-refractivity contribution is 5.36. The number of benzene rings is 1. The van der Waals surface area contributed by atoms with Gasteiger partial charge in [0.15, 0.2) is 0 Å². The normalized spacial score (nSPS) is 15.8. The third-order valence-corrected chi connectivity index (χ3v) is 4.13. The van der Waals surface area contributed by atoms with Crippen molar-refractivity contribution < 1.29 is 10.2 Å². The second kappa shape index (κ2) is 8.84. The van der Waals surface area contributed by atoms with E-state index in [2.05, 4.69) is 28.9 Å². The lowest BCUT2D eigenvalue weighted by molar-refractivity contribution is 0.117. The van der Waals surface area contributed by atoms with E-state index in [1.807, 2.05) is 12.1 Å². The van der Waals surface area contributed by atoms with Gasteiger partial charge in [-0.1, -0.05) is 43.2 Å². The van der Waals surface area contributed by atoms with Crippen LogP contribution >= 0.6 is 0 Å². The molecule has 1 aliphatic carbocycles. The third kappa shape index (κ3) is 5.17. The van der Waals surface area contributed by atoms with Crippen LogP contribution in [-0.2, 0) is 6.54 Å². The Kier molecular flexibility index (Phi) is 6.75. The number of aliphatic hydroxyl groups is 2. The Morgan fingerprint density at radius 2 is 1.76 bits per heavy atom.